The minimum absolute atomic E-state index is 0.237. The van der Waals surface area contributed by atoms with Crippen LogP contribution in [0.15, 0.2) is 35.3 Å². The minimum atomic E-state index is -1.26. The molecule has 1 aliphatic carbocycles. The Morgan fingerprint density at radius 2 is 1.91 bits per heavy atom. The van der Waals surface area contributed by atoms with Gasteiger partial charge in [-0.05, 0) is 37.3 Å². The number of fused-ring (bicyclic) bond motifs is 1. The summed E-state index contributed by atoms with van der Waals surface area (Å²) < 4.78 is 0. The lowest BCUT2D eigenvalue weighted by atomic mass is 9.78. The van der Waals surface area contributed by atoms with Crippen LogP contribution in [0, 0.1) is 6.92 Å². The van der Waals surface area contributed by atoms with Crippen molar-refractivity contribution in [2.75, 3.05) is 6.54 Å². The monoisotopic (exact) mass is 316 g/mol. The van der Waals surface area contributed by atoms with Crippen LogP contribution >= 0.6 is 0 Å². The van der Waals surface area contributed by atoms with Crippen molar-refractivity contribution in [2.45, 2.75) is 31.7 Å². The number of benzene rings is 1. The smallest absolute Gasteiger partial charge is 0.328 e. The number of carbonyl (C=O) groups is 2. The largest absolute Gasteiger partial charge is 0.478 e. The molecule has 1 aromatic rings. The Hall–Kier alpha value is -2.63. The van der Waals surface area contributed by atoms with Gasteiger partial charge in [0.25, 0.3) is 0 Å². The van der Waals surface area contributed by atoms with E-state index in [0.29, 0.717) is 12.2 Å². The van der Waals surface area contributed by atoms with Crippen LogP contribution in [-0.2, 0) is 22.4 Å². The third-order valence-electron chi connectivity index (χ3n) is 3.99. The lowest BCUT2D eigenvalue weighted by Gasteiger charge is -2.34. The molecule has 23 heavy (non-hydrogen) atoms. The number of carboxylic acids is 2. The van der Waals surface area contributed by atoms with Crippen molar-refractivity contribution in [3.63, 3.8) is 0 Å². The summed E-state index contributed by atoms with van der Waals surface area (Å²) in [6.07, 6.45) is 6.52. The quantitative estimate of drug-likeness (QED) is 0.719. The average Bonchev–Trinajstić information content (AvgIpc) is 2.93. The molecule has 0 aromatic heterocycles. The van der Waals surface area contributed by atoms with E-state index in [-0.39, 0.29) is 5.54 Å². The molecule has 1 heterocycles. The molecule has 0 saturated carbocycles. The van der Waals surface area contributed by atoms with Gasteiger partial charge in [0.2, 0.25) is 0 Å². The Morgan fingerprint density at radius 3 is 2.48 bits per heavy atom. The number of carboxylic acid groups (broad SMARTS) is 2. The summed E-state index contributed by atoms with van der Waals surface area (Å²) in [4.78, 5) is 23.4. The number of aryl methyl sites for hydroxylation is 2. The maximum absolute atomic E-state index is 9.55. The summed E-state index contributed by atoms with van der Waals surface area (Å²) >= 11 is 0. The predicted octanol–water partition coefficient (Wildman–Crippen LogP) is 1.57. The number of nitrogens with one attached hydrogen (secondary N) is 1. The van der Waals surface area contributed by atoms with Gasteiger partial charge >= 0.3 is 11.9 Å². The topological polar surface area (TPSA) is 99.0 Å². The molecule has 3 N–H and O–H groups in total. The van der Waals surface area contributed by atoms with Crippen LogP contribution in [0.4, 0.5) is 0 Å². The zero-order valence-electron chi connectivity index (χ0n) is 13.0. The zero-order chi connectivity index (χ0) is 16.9. The fourth-order valence-electron chi connectivity index (χ4n) is 2.84. The summed E-state index contributed by atoms with van der Waals surface area (Å²) in [5.74, 6) is -2.51. The van der Waals surface area contributed by atoms with Crippen molar-refractivity contribution < 1.29 is 19.8 Å². The summed E-state index contributed by atoms with van der Waals surface area (Å²) in [5, 5.41) is 19.1. The van der Waals surface area contributed by atoms with Gasteiger partial charge in [-0.3, -0.25) is 4.99 Å². The van der Waals surface area contributed by atoms with Crippen molar-refractivity contribution in [3.05, 3.63) is 47.0 Å². The van der Waals surface area contributed by atoms with E-state index in [1.807, 2.05) is 6.34 Å². The number of rotatable bonds is 2. The molecule has 0 saturated heterocycles. The zero-order valence-corrected chi connectivity index (χ0v) is 13.0. The van der Waals surface area contributed by atoms with Gasteiger partial charge in [-0.2, -0.15) is 0 Å². The summed E-state index contributed by atoms with van der Waals surface area (Å²) in [6, 6.07) is 6.83. The van der Waals surface area contributed by atoms with Crippen molar-refractivity contribution in [1.82, 2.24) is 5.32 Å². The first kappa shape index (κ1) is 16.7. The fourth-order valence-corrected chi connectivity index (χ4v) is 2.84. The molecule has 0 fully saturated rings. The van der Waals surface area contributed by atoms with Gasteiger partial charge < -0.3 is 15.5 Å². The van der Waals surface area contributed by atoms with Crippen molar-refractivity contribution in [1.29, 1.82) is 0 Å². The van der Waals surface area contributed by atoms with E-state index in [4.69, 9.17) is 10.2 Å². The Kier molecular flexibility index (Phi) is 5.16. The molecule has 6 nitrogen and oxygen atoms in total. The number of nitrogens with zero attached hydrogens (tertiary/aromatic N) is 1. The first-order valence-electron chi connectivity index (χ1n) is 7.39. The Balaban J connectivity index is 0.000000207. The van der Waals surface area contributed by atoms with Crippen molar-refractivity contribution in [3.8, 4) is 0 Å². The van der Waals surface area contributed by atoms with Crippen molar-refractivity contribution in [2.24, 2.45) is 4.99 Å². The highest BCUT2D eigenvalue weighted by Crippen LogP contribution is 2.30. The molecule has 1 aromatic carbocycles. The molecule has 2 aliphatic rings. The molecular formula is C17H20N2O4. The Morgan fingerprint density at radius 1 is 1.22 bits per heavy atom. The van der Waals surface area contributed by atoms with E-state index in [1.54, 1.807) is 0 Å². The van der Waals surface area contributed by atoms with Gasteiger partial charge in [-0.15, -0.1) is 0 Å². The molecular weight excluding hydrogens is 296 g/mol. The number of hydrogen-bond donors (Lipinski definition) is 3. The minimum Gasteiger partial charge on any atom is -0.478 e. The molecule has 0 amide bonds. The third-order valence-corrected chi connectivity index (χ3v) is 3.99. The second kappa shape index (κ2) is 7.09. The fraction of sp³-hybridized carbons (Fsp3) is 0.353. The van der Waals surface area contributed by atoms with Gasteiger partial charge in [0.05, 0.1) is 18.4 Å². The van der Waals surface area contributed by atoms with E-state index < -0.39 is 11.9 Å². The Labute approximate surface area is 134 Å². The molecule has 0 radical (unpaired) electrons. The van der Waals surface area contributed by atoms with E-state index in [2.05, 4.69) is 35.4 Å². The van der Waals surface area contributed by atoms with E-state index >= 15 is 0 Å². The predicted molar refractivity (Wildman–Crippen MR) is 86.8 cm³/mol. The van der Waals surface area contributed by atoms with Crippen LogP contribution in [0.3, 0.4) is 0 Å². The van der Waals surface area contributed by atoms with Crippen LogP contribution in [0.25, 0.3) is 0 Å². The second-order valence-electron chi connectivity index (χ2n) is 5.85. The van der Waals surface area contributed by atoms with Crippen LogP contribution in [0.2, 0.25) is 0 Å². The summed E-state index contributed by atoms with van der Waals surface area (Å²) in [7, 11) is 0. The maximum Gasteiger partial charge on any atom is 0.328 e. The van der Waals surface area contributed by atoms with Gasteiger partial charge in [-0.25, -0.2) is 9.59 Å². The molecule has 122 valence electrons. The van der Waals surface area contributed by atoms with Crippen molar-refractivity contribution >= 4 is 18.3 Å². The van der Waals surface area contributed by atoms with Crippen LogP contribution in [-0.4, -0.2) is 40.6 Å². The van der Waals surface area contributed by atoms with Crippen LogP contribution in [0.5, 0.6) is 0 Å². The maximum atomic E-state index is 9.55. The van der Waals surface area contributed by atoms with Gasteiger partial charge in [-0.1, -0.05) is 23.8 Å². The first-order valence-corrected chi connectivity index (χ1v) is 7.39. The second-order valence-corrected chi connectivity index (χ2v) is 5.85. The molecule has 6 heteroatoms. The lowest BCUT2D eigenvalue weighted by Crippen LogP contribution is -2.47. The van der Waals surface area contributed by atoms with E-state index in [9.17, 15) is 9.59 Å². The number of aliphatic imine (C=N–C) groups is 1. The standard InChI is InChI=1S/C13H16N2.C4H4O4/c1-10-2-3-11-4-5-13(7-12(11)6-10)8-14-9-15-13;5-3(6)1-2-4(7)8/h2-3,6,9H,4-5,7-8H2,1H3,(H,14,15);1-2H,(H,5,6)(H,7,8)/b;2-1+/t13-;/m0./s1. The SMILES string of the molecule is Cc1ccc2c(c1)C[C@@]1(CC2)CN=CN1.O=C(O)/C=C/C(=O)O. The normalized spacial score (nSPS) is 21.4. The summed E-state index contributed by atoms with van der Waals surface area (Å²) in [6.45, 7) is 3.11. The highest BCUT2D eigenvalue weighted by molar-refractivity contribution is 5.89. The van der Waals surface area contributed by atoms with Gasteiger partial charge in [0.1, 0.15) is 0 Å². The lowest BCUT2D eigenvalue weighted by molar-refractivity contribution is -0.134. The molecule has 1 spiro atoms. The van der Waals surface area contributed by atoms with Gasteiger partial charge in [0, 0.05) is 12.2 Å². The van der Waals surface area contributed by atoms with E-state index in [0.717, 1.165) is 13.0 Å². The molecule has 1 aliphatic heterocycles. The van der Waals surface area contributed by atoms with Crippen LogP contribution in [0.1, 0.15) is 23.1 Å². The number of aliphatic carboxylic acids is 2. The first-order chi connectivity index (χ1) is 10.9. The molecule has 1 atom stereocenters. The van der Waals surface area contributed by atoms with Gasteiger partial charge in [0.15, 0.2) is 0 Å². The third kappa shape index (κ3) is 4.67. The number of hydrogen-bond acceptors (Lipinski definition) is 4. The molecule has 0 unspecified atom stereocenters. The Bertz CT molecular complexity index is 641. The van der Waals surface area contributed by atoms with Crippen LogP contribution < -0.4 is 5.32 Å². The molecule has 3 rings (SSSR count). The highest BCUT2D eigenvalue weighted by Gasteiger charge is 2.35. The van der Waals surface area contributed by atoms with E-state index in [1.165, 1.54) is 29.5 Å². The molecule has 0 bridgehead atoms. The average molecular weight is 316 g/mol. The highest BCUT2D eigenvalue weighted by atomic mass is 16.4. The summed E-state index contributed by atoms with van der Waals surface area (Å²) in [5.41, 5.74) is 4.64.